The summed E-state index contributed by atoms with van der Waals surface area (Å²) in [5.41, 5.74) is 0. The van der Waals surface area contributed by atoms with E-state index in [1.54, 1.807) is 0 Å². The van der Waals surface area contributed by atoms with E-state index in [9.17, 15) is 0 Å². The highest BCUT2D eigenvalue weighted by Gasteiger charge is 2.58. The van der Waals surface area contributed by atoms with Crippen LogP contribution in [0.4, 0.5) is 0 Å². The maximum atomic E-state index is 5.85. The molecule has 0 aromatic heterocycles. The van der Waals surface area contributed by atoms with Gasteiger partial charge in [-0.3, -0.25) is 20.0 Å². The van der Waals surface area contributed by atoms with Crippen LogP contribution in [0.1, 0.15) is 38.5 Å². The Morgan fingerprint density at radius 1 is 0.633 bits per heavy atom. The first-order chi connectivity index (χ1) is 14.9. The number of piperidine rings is 1. The van der Waals surface area contributed by atoms with Crippen molar-refractivity contribution in [2.75, 3.05) is 91.8 Å². The topological polar surface area (TPSA) is 49.5 Å². The SMILES string of the molecule is C1CCN(N2CCCNC(N3CCNCC3)C2(N2CCCC2)N2CCOCC2)CC1. The number of hydrogen-bond acceptors (Lipinski definition) is 8. The van der Waals surface area contributed by atoms with Gasteiger partial charge in [0.05, 0.1) is 13.2 Å². The van der Waals surface area contributed by atoms with Crippen LogP contribution in [0, 0.1) is 0 Å². The van der Waals surface area contributed by atoms with Gasteiger partial charge in [-0.2, -0.15) is 0 Å². The molecule has 0 aromatic rings. The maximum absolute atomic E-state index is 5.85. The van der Waals surface area contributed by atoms with Crippen LogP contribution >= 0.6 is 0 Å². The van der Waals surface area contributed by atoms with Gasteiger partial charge < -0.3 is 10.1 Å². The van der Waals surface area contributed by atoms with Crippen LogP contribution in [0.25, 0.3) is 0 Å². The van der Waals surface area contributed by atoms with Gasteiger partial charge >= 0.3 is 0 Å². The monoisotopic (exact) mass is 421 g/mol. The second-order valence-electron chi connectivity index (χ2n) is 9.61. The van der Waals surface area contributed by atoms with Crippen LogP contribution in [0.15, 0.2) is 0 Å². The van der Waals surface area contributed by atoms with E-state index < -0.39 is 0 Å². The molecule has 5 heterocycles. The van der Waals surface area contributed by atoms with Crippen molar-refractivity contribution in [3.05, 3.63) is 0 Å². The van der Waals surface area contributed by atoms with Crippen molar-refractivity contribution in [2.45, 2.75) is 50.5 Å². The predicted molar refractivity (Wildman–Crippen MR) is 119 cm³/mol. The minimum Gasteiger partial charge on any atom is -0.379 e. The summed E-state index contributed by atoms with van der Waals surface area (Å²) in [6.45, 7) is 15.4. The zero-order valence-electron chi connectivity index (χ0n) is 18.9. The molecule has 5 saturated heterocycles. The van der Waals surface area contributed by atoms with E-state index in [1.165, 1.54) is 64.7 Å². The molecule has 2 N–H and O–H groups in total. The third-order valence-electron chi connectivity index (χ3n) is 7.87. The van der Waals surface area contributed by atoms with E-state index >= 15 is 0 Å². The molecule has 5 aliphatic heterocycles. The quantitative estimate of drug-likeness (QED) is 0.658. The molecule has 0 aromatic carbocycles. The number of hydrazine groups is 1. The molecular weight excluding hydrogens is 378 g/mol. The normalized spacial score (nSPS) is 37.4. The van der Waals surface area contributed by atoms with Crippen LogP contribution in [0.3, 0.4) is 0 Å². The van der Waals surface area contributed by atoms with Crippen molar-refractivity contribution in [1.82, 2.24) is 35.4 Å². The van der Waals surface area contributed by atoms with E-state index in [0.717, 1.165) is 65.6 Å². The number of ether oxygens (including phenoxy) is 1. The Hall–Kier alpha value is -0.320. The molecule has 0 amide bonds. The van der Waals surface area contributed by atoms with Gasteiger partial charge in [0.1, 0.15) is 6.17 Å². The fourth-order valence-electron chi connectivity index (χ4n) is 6.50. The molecule has 5 rings (SSSR count). The smallest absolute Gasteiger partial charge is 0.173 e. The first-order valence-corrected chi connectivity index (χ1v) is 12.7. The molecule has 2 unspecified atom stereocenters. The molecule has 30 heavy (non-hydrogen) atoms. The zero-order chi connectivity index (χ0) is 20.2. The van der Waals surface area contributed by atoms with Crippen LogP contribution in [-0.2, 0) is 4.74 Å². The first kappa shape index (κ1) is 21.5. The lowest BCUT2D eigenvalue weighted by Gasteiger charge is -2.63. The van der Waals surface area contributed by atoms with Gasteiger partial charge in [0.25, 0.3) is 0 Å². The average Bonchev–Trinajstić information content (AvgIpc) is 3.29. The summed E-state index contributed by atoms with van der Waals surface area (Å²) < 4.78 is 5.85. The minimum atomic E-state index is -0.106. The van der Waals surface area contributed by atoms with Crippen LogP contribution in [-0.4, -0.2) is 128 Å². The molecule has 0 aliphatic carbocycles. The third kappa shape index (κ3) is 4.06. The molecule has 0 bridgehead atoms. The maximum Gasteiger partial charge on any atom is 0.173 e. The van der Waals surface area contributed by atoms with Gasteiger partial charge in [0.2, 0.25) is 0 Å². The van der Waals surface area contributed by atoms with Gasteiger partial charge in [-0.1, -0.05) is 6.42 Å². The number of nitrogens with one attached hydrogen (secondary N) is 2. The molecule has 0 spiro atoms. The Morgan fingerprint density at radius 3 is 2.03 bits per heavy atom. The Bertz CT molecular complexity index is 498. The molecular formula is C22H43N7O. The Labute approximate surface area is 182 Å². The molecule has 2 atom stereocenters. The van der Waals surface area contributed by atoms with Gasteiger partial charge in [-0.05, 0) is 38.6 Å². The lowest BCUT2D eigenvalue weighted by atomic mass is 10.1. The second kappa shape index (κ2) is 10.1. The van der Waals surface area contributed by atoms with Crippen LogP contribution in [0.2, 0.25) is 0 Å². The summed E-state index contributed by atoms with van der Waals surface area (Å²) >= 11 is 0. The second-order valence-corrected chi connectivity index (χ2v) is 9.61. The highest BCUT2D eigenvalue weighted by Crippen LogP contribution is 2.38. The lowest BCUT2D eigenvalue weighted by molar-refractivity contribution is -0.284. The molecule has 8 nitrogen and oxygen atoms in total. The Morgan fingerprint density at radius 2 is 1.30 bits per heavy atom. The van der Waals surface area contributed by atoms with E-state index in [2.05, 4.69) is 35.4 Å². The van der Waals surface area contributed by atoms with E-state index in [4.69, 9.17) is 4.74 Å². The fourth-order valence-corrected chi connectivity index (χ4v) is 6.50. The van der Waals surface area contributed by atoms with Gasteiger partial charge in [-0.15, -0.1) is 0 Å². The highest BCUT2D eigenvalue weighted by molar-refractivity contribution is 5.03. The van der Waals surface area contributed by atoms with Crippen molar-refractivity contribution in [3.8, 4) is 0 Å². The highest BCUT2D eigenvalue weighted by atomic mass is 16.5. The fraction of sp³-hybridized carbons (Fsp3) is 1.00. The van der Waals surface area contributed by atoms with E-state index in [1.807, 2.05) is 0 Å². The number of hydrogen-bond donors (Lipinski definition) is 2. The van der Waals surface area contributed by atoms with Crippen LogP contribution in [0.5, 0.6) is 0 Å². The number of likely N-dealkylation sites (tertiary alicyclic amines) is 1. The van der Waals surface area contributed by atoms with Gasteiger partial charge in [-0.25, -0.2) is 10.0 Å². The van der Waals surface area contributed by atoms with E-state index in [-0.39, 0.29) is 5.79 Å². The number of piperazine rings is 1. The molecule has 0 radical (unpaired) electrons. The Balaban J connectivity index is 1.58. The van der Waals surface area contributed by atoms with Crippen molar-refractivity contribution < 1.29 is 4.74 Å². The molecule has 0 saturated carbocycles. The summed E-state index contributed by atoms with van der Waals surface area (Å²) in [5.74, 6) is -0.106. The lowest BCUT2D eigenvalue weighted by Crippen LogP contribution is -2.83. The summed E-state index contributed by atoms with van der Waals surface area (Å²) in [6, 6.07) is 0. The Kier molecular flexibility index (Phi) is 7.23. The average molecular weight is 422 g/mol. The predicted octanol–water partition coefficient (Wildman–Crippen LogP) is -0.00430. The van der Waals surface area contributed by atoms with Crippen molar-refractivity contribution in [2.24, 2.45) is 0 Å². The van der Waals surface area contributed by atoms with Gasteiger partial charge in [0, 0.05) is 72.0 Å². The van der Waals surface area contributed by atoms with Gasteiger partial charge in [0.15, 0.2) is 5.79 Å². The summed E-state index contributed by atoms with van der Waals surface area (Å²) in [4.78, 5) is 8.42. The van der Waals surface area contributed by atoms with E-state index in [0.29, 0.717) is 6.17 Å². The largest absolute Gasteiger partial charge is 0.379 e. The molecule has 8 heteroatoms. The summed E-state index contributed by atoms with van der Waals surface area (Å²) in [7, 11) is 0. The molecule has 5 fully saturated rings. The molecule has 172 valence electrons. The van der Waals surface area contributed by atoms with Crippen molar-refractivity contribution in [1.29, 1.82) is 0 Å². The number of rotatable bonds is 4. The zero-order valence-corrected chi connectivity index (χ0v) is 18.9. The molecule has 5 aliphatic rings. The first-order valence-electron chi connectivity index (χ1n) is 12.7. The van der Waals surface area contributed by atoms with Crippen LogP contribution < -0.4 is 10.6 Å². The summed E-state index contributed by atoms with van der Waals surface area (Å²) in [5, 5.41) is 13.3. The third-order valence-corrected chi connectivity index (χ3v) is 7.87. The number of morpholine rings is 1. The summed E-state index contributed by atoms with van der Waals surface area (Å²) in [6.07, 6.45) is 8.27. The van der Waals surface area contributed by atoms with Crippen molar-refractivity contribution >= 4 is 0 Å². The standard InChI is InChI=1S/C22H43N7O/c1-2-12-28(13-3-1)29-14-6-7-24-21(25-15-8-23-9-16-25)22(29,26-10-4-5-11-26)27-17-19-30-20-18-27/h21,23-24H,1-20H2. The number of nitrogens with zero attached hydrogens (tertiary/aromatic N) is 5. The minimum absolute atomic E-state index is 0.106. The van der Waals surface area contributed by atoms with Crippen molar-refractivity contribution in [3.63, 3.8) is 0 Å².